The molecular formula is C10H19F2NO. The predicted octanol–water partition coefficient (Wildman–Crippen LogP) is 1.73. The number of piperidine rings is 1. The fourth-order valence-corrected chi connectivity index (χ4v) is 1.95. The van der Waals surface area contributed by atoms with Gasteiger partial charge in [0.1, 0.15) is 0 Å². The monoisotopic (exact) mass is 207 g/mol. The van der Waals surface area contributed by atoms with Crippen LogP contribution in [0.25, 0.3) is 0 Å². The van der Waals surface area contributed by atoms with E-state index in [9.17, 15) is 13.9 Å². The summed E-state index contributed by atoms with van der Waals surface area (Å²) in [6.07, 6.45) is -0.539. The molecule has 0 aliphatic carbocycles. The lowest BCUT2D eigenvalue weighted by Crippen LogP contribution is -2.45. The van der Waals surface area contributed by atoms with E-state index in [-0.39, 0.29) is 6.42 Å². The molecule has 1 heterocycles. The van der Waals surface area contributed by atoms with Gasteiger partial charge in [-0.15, -0.1) is 0 Å². The molecule has 0 saturated carbocycles. The number of aliphatic hydroxyl groups excluding tert-OH is 1. The highest BCUT2D eigenvalue weighted by Crippen LogP contribution is 2.23. The Labute approximate surface area is 83.9 Å². The van der Waals surface area contributed by atoms with Crippen LogP contribution in [0.5, 0.6) is 0 Å². The van der Waals surface area contributed by atoms with Crippen LogP contribution in [0.1, 0.15) is 26.2 Å². The molecule has 1 saturated heterocycles. The Bertz CT molecular complexity index is 166. The van der Waals surface area contributed by atoms with Gasteiger partial charge in [-0.2, -0.15) is 0 Å². The van der Waals surface area contributed by atoms with Crippen LogP contribution in [-0.2, 0) is 0 Å². The summed E-state index contributed by atoms with van der Waals surface area (Å²) in [4.78, 5) is 1.95. The van der Waals surface area contributed by atoms with Crippen molar-refractivity contribution in [1.82, 2.24) is 4.90 Å². The number of alkyl halides is 2. The van der Waals surface area contributed by atoms with Crippen LogP contribution in [-0.4, -0.2) is 42.2 Å². The molecule has 1 N–H and O–H groups in total. The zero-order valence-electron chi connectivity index (χ0n) is 8.63. The normalized spacial score (nSPS) is 29.8. The molecule has 0 aromatic carbocycles. The average Bonchev–Trinajstić information content (AvgIpc) is 2.14. The van der Waals surface area contributed by atoms with Crippen LogP contribution < -0.4 is 0 Å². The summed E-state index contributed by atoms with van der Waals surface area (Å²) < 4.78 is 24.9. The molecule has 2 atom stereocenters. The van der Waals surface area contributed by atoms with Crippen molar-refractivity contribution < 1.29 is 13.9 Å². The molecule has 2 nitrogen and oxygen atoms in total. The third-order valence-electron chi connectivity index (χ3n) is 2.72. The van der Waals surface area contributed by atoms with E-state index >= 15 is 0 Å². The summed E-state index contributed by atoms with van der Waals surface area (Å²) in [5.41, 5.74) is 0. The Kier molecular flexibility index (Phi) is 4.75. The molecule has 4 heteroatoms. The predicted molar refractivity (Wildman–Crippen MR) is 51.5 cm³/mol. The summed E-state index contributed by atoms with van der Waals surface area (Å²) in [6, 6.07) is 0. The maximum absolute atomic E-state index is 12.5. The van der Waals surface area contributed by atoms with Gasteiger partial charge in [0.2, 0.25) is 6.43 Å². The Morgan fingerprint density at radius 1 is 1.43 bits per heavy atom. The number of rotatable bonds is 4. The Hall–Kier alpha value is -0.220. The van der Waals surface area contributed by atoms with E-state index in [1.165, 1.54) is 0 Å². The molecule has 1 fully saturated rings. The van der Waals surface area contributed by atoms with E-state index in [1.54, 1.807) is 0 Å². The summed E-state index contributed by atoms with van der Waals surface area (Å²) in [5, 5.41) is 9.42. The van der Waals surface area contributed by atoms with E-state index in [2.05, 4.69) is 6.92 Å². The van der Waals surface area contributed by atoms with Gasteiger partial charge < -0.3 is 10.0 Å². The topological polar surface area (TPSA) is 23.5 Å². The largest absolute Gasteiger partial charge is 0.392 e. The molecule has 14 heavy (non-hydrogen) atoms. The summed E-state index contributed by atoms with van der Waals surface area (Å²) in [5.74, 6) is -0.643. The van der Waals surface area contributed by atoms with Gasteiger partial charge in [-0.25, -0.2) is 8.78 Å². The molecule has 0 spiro atoms. The third kappa shape index (κ3) is 3.50. The third-order valence-corrected chi connectivity index (χ3v) is 2.72. The number of hydrogen-bond acceptors (Lipinski definition) is 2. The number of hydrogen-bond donors (Lipinski definition) is 1. The lowest BCUT2D eigenvalue weighted by Gasteiger charge is -2.35. The highest BCUT2D eigenvalue weighted by Gasteiger charge is 2.31. The molecule has 0 radical (unpaired) electrons. The Balaban J connectivity index is 2.37. The molecule has 0 amide bonds. The second-order valence-corrected chi connectivity index (χ2v) is 4.10. The van der Waals surface area contributed by atoms with Crippen molar-refractivity contribution in [2.45, 2.75) is 38.7 Å². The van der Waals surface area contributed by atoms with Crippen molar-refractivity contribution in [3.05, 3.63) is 0 Å². The van der Waals surface area contributed by atoms with Gasteiger partial charge >= 0.3 is 0 Å². The first kappa shape index (κ1) is 11.9. The van der Waals surface area contributed by atoms with Crippen molar-refractivity contribution in [3.63, 3.8) is 0 Å². The summed E-state index contributed by atoms with van der Waals surface area (Å²) >= 11 is 0. The maximum Gasteiger partial charge on any atom is 0.242 e. The molecule has 1 aliphatic heterocycles. The van der Waals surface area contributed by atoms with Gasteiger partial charge in [-0.1, -0.05) is 13.3 Å². The van der Waals surface area contributed by atoms with Crippen LogP contribution >= 0.6 is 0 Å². The van der Waals surface area contributed by atoms with Crippen molar-refractivity contribution in [1.29, 1.82) is 0 Å². The Morgan fingerprint density at radius 3 is 2.71 bits per heavy atom. The minimum absolute atomic E-state index is 0.250. The minimum atomic E-state index is -2.30. The van der Waals surface area contributed by atoms with Crippen LogP contribution in [0.3, 0.4) is 0 Å². The SMILES string of the molecule is CCCCN1CC(O)CC(C(F)F)C1. The molecule has 84 valence electrons. The number of halogens is 2. The van der Waals surface area contributed by atoms with Crippen LogP contribution in [0.2, 0.25) is 0 Å². The number of aliphatic hydroxyl groups is 1. The lowest BCUT2D eigenvalue weighted by molar-refractivity contribution is -0.0256. The summed E-state index contributed by atoms with van der Waals surface area (Å²) in [7, 11) is 0. The number of β-amino-alcohol motifs (C(OH)–C–C–N with tert-alkyl or cyclic N) is 1. The second-order valence-electron chi connectivity index (χ2n) is 4.10. The van der Waals surface area contributed by atoms with E-state index < -0.39 is 18.4 Å². The quantitative estimate of drug-likeness (QED) is 0.759. The maximum atomic E-state index is 12.5. The van der Waals surface area contributed by atoms with Crippen LogP contribution in [0, 0.1) is 5.92 Å². The van der Waals surface area contributed by atoms with E-state index in [0.29, 0.717) is 13.1 Å². The van der Waals surface area contributed by atoms with E-state index in [4.69, 9.17) is 0 Å². The first-order valence-electron chi connectivity index (χ1n) is 5.32. The first-order valence-corrected chi connectivity index (χ1v) is 5.32. The molecular weight excluding hydrogens is 188 g/mol. The van der Waals surface area contributed by atoms with Gasteiger partial charge in [-0.05, 0) is 19.4 Å². The average molecular weight is 207 g/mol. The highest BCUT2D eigenvalue weighted by molar-refractivity contribution is 4.79. The number of unbranched alkanes of at least 4 members (excludes halogenated alkanes) is 1. The smallest absolute Gasteiger partial charge is 0.242 e. The highest BCUT2D eigenvalue weighted by atomic mass is 19.3. The van der Waals surface area contributed by atoms with Crippen molar-refractivity contribution >= 4 is 0 Å². The zero-order chi connectivity index (χ0) is 10.6. The number of likely N-dealkylation sites (tertiary alicyclic amines) is 1. The number of nitrogens with zero attached hydrogens (tertiary/aromatic N) is 1. The Morgan fingerprint density at radius 2 is 2.14 bits per heavy atom. The van der Waals surface area contributed by atoms with Crippen LogP contribution in [0.15, 0.2) is 0 Å². The molecule has 2 unspecified atom stereocenters. The lowest BCUT2D eigenvalue weighted by atomic mass is 9.96. The summed E-state index contributed by atoms with van der Waals surface area (Å²) in [6.45, 7) is 3.90. The zero-order valence-corrected chi connectivity index (χ0v) is 8.63. The first-order chi connectivity index (χ1) is 6.63. The molecule has 1 aliphatic rings. The molecule has 0 aromatic rings. The fourth-order valence-electron chi connectivity index (χ4n) is 1.95. The van der Waals surface area contributed by atoms with Gasteiger partial charge in [0.15, 0.2) is 0 Å². The molecule has 1 rings (SSSR count). The standard InChI is InChI=1S/C10H19F2NO/c1-2-3-4-13-6-8(10(11)12)5-9(14)7-13/h8-10,14H,2-7H2,1H3. The fraction of sp³-hybridized carbons (Fsp3) is 1.00. The van der Waals surface area contributed by atoms with Gasteiger partial charge in [-0.3, -0.25) is 0 Å². The van der Waals surface area contributed by atoms with Gasteiger partial charge in [0, 0.05) is 19.0 Å². The van der Waals surface area contributed by atoms with Gasteiger partial charge in [0.25, 0.3) is 0 Å². The van der Waals surface area contributed by atoms with Crippen molar-refractivity contribution in [2.24, 2.45) is 5.92 Å². The van der Waals surface area contributed by atoms with E-state index in [0.717, 1.165) is 19.4 Å². The molecule has 0 bridgehead atoms. The van der Waals surface area contributed by atoms with E-state index in [1.807, 2.05) is 4.90 Å². The van der Waals surface area contributed by atoms with Gasteiger partial charge in [0.05, 0.1) is 6.10 Å². The minimum Gasteiger partial charge on any atom is -0.392 e. The van der Waals surface area contributed by atoms with Crippen LogP contribution in [0.4, 0.5) is 8.78 Å². The van der Waals surface area contributed by atoms with Crippen molar-refractivity contribution in [2.75, 3.05) is 19.6 Å². The second kappa shape index (κ2) is 5.61. The molecule has 0 aromatic heterocycles. The van der Waals surface area contributed by atoms with Crippen molar-refractivity contribution in [3.8, 4) is 0 Å².